The molecule has 0 atom stereocenters. The van der Waals surface area contributed by atoms with Gasteiger partial charge < -0.3 is 4.74 Å². The molecule has 0 aliphatic carbocycles. The third kappa shape index (κ3) is 4.00. The molecule has 130 valence electrons. The molecule has 6 nitrogen and oxygen atoms in total. The summed E-state index contributed by atoms with van der Waals surface area (Å²) in [7, 11) is 1.69. The molecular weight excluding hydrogens is 350 g/mol. The maximum atomic E-state index is 12.2. The highest BCUT2D eigenvalue weighted by molar-refractivity contribution is 7.14. The van der Waals surface area contributed by atoms with Crippen LogP contribution < -0.4 is 10.1 Å². The second-order valence-corrected chi connectivity index (χ2v) is 6.05. The second kappa shape index (κ2) is 6.98. The van der Waals surface area contributed by atoms with Gasteiger partial charge in [-0.25, -0.2) is 4.98 Å². The smallest absolute Gasteiger partial charge is 0.387 e. The first-order valence-electron chi connectivity index (χ1n) is 7.25. The number of hydrogen-bond acceptors (Lipinski definition) is 5. The summed E-state index contributed by atoms with van der Waals surface area (Å²) in [5.41, 5.74) is 2.54. The lowest BCUT2D eigenvalue weighted by Gasteiger charge is -2.04. The van der Waals surface area contributed by atoms with Crippen LogP contribution in [0.4, 0.5) is 13.9 Å². The Labute approximate surface area is 146 Å². The molecule has 3 rings (SSSR count). The first kappa shape index (κ1) is 17.0. The van der Waals surface area contributed by atoms with Gasteiger partial charge in [-0.15, -0.1) is 11.3 Å². The number of benzene rings is 1. The standard InChI is InChI=1S/C16H14F2N4O2S/c1-9-7-13(22(2)21-9)14(23)20-16-19-12(8-25-16)10-3-5-11(6-4-10)24-15(17)18/h3-8,15H,1-2H3,(H,19,20,23). The van der Waals surface area contributed by atoms with Crippen LogP contribution in [0.3, 0.4) is 0 Å². The first-order chi connectivity index (χ1) is 11.9. The van der Waals surface area contributed by atoms with E-state index in [1.165, 1.54) is 28.2 Å². The number of hydrogen-bond donors (Lipinski definition) is 1. The van der Waals surface area contributed by atoms with Crippen molar-refractivity contribution in [3.8, 4) is 17.0 Å². The minimum Gasteiger partial charge on any atom is -0.435 e. The van der Waals surface area contributed by atoms with Crippen LogP contribution in [0.1, 0.15) is 16.2 Å². The summed E-state index contributed by atoms with van der Waals surface area (Å²) >= 11 is 1.27. The predicted molar refractivity (Wildman–Crippen MR) is 90.1 cm³/mol. The minimum absolute atomic E-state index is 0.0779. The number of ether oxygens (including phenoxy) is 1. The van der Waals surface area contributed by atoms with Gasteiger partial charge in [0.1, 0.15) is 11.4 Å². The molecule has 1 aromatic carbocycles. The van der Waals surface area contributed by atoms with E-state index in [4.69, 9.17) is 0 Å². The zero-order valence-electron chi connectivity index (χ0n) is 13.4. The fourth-order valence-corrected chi connectivity index (χ4v) is 2.97. The Morgan fingerprint density at radius 3 is 2.64 bits per heavy atom. The molecule has 25 heavy (non-hydrogen) atoms. The Balaban J connectivity index is 1.72. The highest BCUT2D eigenvalue weighted by Gasteiger charge is 2.14. The second-order valence-electron chi connectivity index (χ2n) is 5.19. The summed E-state index contributed by atoms with van der Waals surface area (Å²) in [5.74, 6) is -0.223. The van der Waals surface area contributed by atoms with Crippen molar-refractivity contribution in [2.75, 3.05) is 5.32 Å². The van der Waals surface area contributed by atoms with E-state index in [2.05, 4.69) is 20.1 Å². The maximum Gasteiger partial charge on any atom is 0.387 e. The van der Waals surface area contributed by atoms with Crippen molar-refractivity contribution < 1.29 is 18.3 Å². The molecule has 0 bridgehead atoms. The monoisotopic (exact) mass is 364 g/mol. The van der Waals surface area contributed by atoms with Crippen molar-refractivity contribution in [1.29, 1.82) is 0 Å². The molecule has 3 aromatic rings. The predicted octanol–water partition coefficient (Wildman–Crippen LogP) is 3.71. The molecule has 0 saturated heterocycles. The van der Waals surface area contributed by atoms with E-state index in [0.717, 1.165) is 11.3 Å². The van der Waals surface area contributed by atoms with Crippen LogP contribution >= 0.6 is 11.3 Å². The van der Waals surface area contributed by atoms with Gasteiger partial charge in [0.2, 0.25) is 0 Å². The van der Waals surface area contributed by atoms with E-state index in [1.807, 2.05) is 0 Å². The van der Waals surface area contributed by atoms with Crippen molar-refractivity contribution in [1.82, 2.24) is 14.8 Å². The van der Waals surface area contributed by atoms with Crippen molar-refractivity contribution in [3.05, 3.63) is 47.1 Å². The minimum atomic E-state index is -2.86. The van der Waals surface area contributed by atoms with Crippen LogP contribution in [0.2, 0.25) is 0 Å². The average molecular weight is 364 g/mol. The number of nitrogens with one attached hydrogen (secondary N) is 1. The number of aromatic nitrogens is 3. The van der Waals surface area contributed by atoms with E-state index in [1.54, 1.807) is 37.6 Å². The highest BCUT2D eigenvalue weighted by atomic mass is 32.1. The molecule has 2 aromatic heterocycles. The third-order valence-corrected chi connectivity index (χ3v) is 4.09. The molecule has 0 saturated carbocycles. The van der Waals surface area contributed by atoms with Gasteiger partial charge in [0.15, 0.2) is 5.13 Å². The number of amides is 1. The molecule has 0 aliphatic heterocycles. The van der Waals surface area contributed by atoms with E-state index in [0.29, 0.717) is 16.5 Å². The molecule has 0 fully saturated rings. The molecule has 0 unspecified atom stereocenters. The van der Waals surface area contributed by atoms with Gasteiger partial charge in [0, 0.05) is 18.0 Å². The van der Waals surface area contributed by atoms with Crippen LogP contribution in [0.5, 0.6) is 5.75 Å². The van der Waals surface area contributed by atoms with Gasteiger partial charge in [-0.3, -0.25) is 14.8 Å². The summed E-state index contributed by atoms with van der Waals surface area (Å²) in [6.07, 6.45) is 0. The number of thiazole rings is 1. The summed E-state index contributed by atoms with van der Waals surface area (Å²) in [5, 5.41) is 9.06. The maximum absolute atomic E-state index is 12.2. The van der Waals surface area contributed by atoms with Gasteiger partial charge in [0.25, 0.3) is 5.91 Å². The number of nitrogens with zero attached hydrogens (tertiary/aromatic N) is 3. The first-order valence-corrected chi connectivity index (χ1v) is 8.13. The fraction of sp³-hybridized carbons (Fsp3) is 0.188. The SMILES string of the molecule is Cc1cc(C(=O)Nc2nc(-c3ccc(OC(F)F)cc3)cs2)n(C)n1. The topological polar surface area (TPSA) is 69.0 Å². The van der Waals surface area contributed by atoms with Gasteiger partial charge >= 0.3 is 6.61 Å². The summed E-state index contributed by atoms with van der Waals surface area (Å²) in [6, 6.07) is 7.83. The van der Waals surface area contributed by atoms with Crippen LogP contribution in [0.15, 0.2) is 35.7 Å². The van der Waals surface area contributed by atoms with Crippen molar-refractivity contribution in [2.45, 2.75) is 13.5 Å². The molecule has 1 N–H and O–H groups in total. The number of carbonyl (C=O) groups is 1. The molecule has 0 radical (unpaired) electrons. The van der Waals surface area contributed by atoms with Crippen LogP contribution in [-0.2, 0) is 7.05 Å². The fourth-order valence-electron chi connectivity index (χ4n) is 2.26. The zero-order valence-corrected chi connectivity index (χ0v) is 14.2. The van der Waals surface area contributed by atoms with Gasteiger partial charge in [-0.2, -0.15) is 13.9 Å². The third-order valence-electron chi connectivity index (χ3n) is 3.33. The lowest BCUT2D eigenvalue weighted by atomic mass is 10.2. The van der Waals surface area contributed by atoms with Crippen molar-refractivity contribution >= 4 is 22.4 Å². The summed E-state index contributed by atoms with van der Waals surface area (Å²) in [6.45, 7) is -1.05. The number of aryl methyl sites for hydroxylation is 2. The number of anilines is 1. The van der Waals surface area contributed by atoms with Crippen LogP contribution in [-0.4, -0.2) is 27.3 Å². The lowest BCUT2D eigenvalue weighted by Crippen LogP contribution is -2.15. The van der Waals surface area contributed by atoms with Gasteiger partial charge in [-0.05, 0) is 37.3 Å². The Bertz CT molecular complexity index is 890. The van der Waals surface area contributed by atoms with E-state index >= 15 is 0 Å². The van der Waals surface area contributed by atoms with E-state index in [9.17, 15) is 13.6 Å². The molecule has 0 spiro atoms. The van der Waals surface area contributed by atoms with Crippen molar-refractivity contribution in [3.63, 3.8) is 0 Å². The Kier molecular flexibility index (Phi) is 4.75. The normalized spacial score (nSPS) is 10.9. The Morgan fingerprint density at radius 2 is 2.04 bits per heavy atom. The molecule has 2 heterocycles. The van der Waals surface area contributed by atoms with Crippen LogP contribution in [0.25, 0.3) is 11.3 Å². The molecular formula is C16H14F2N4O2S. The largest absolute Gasteiger partial charge is 0.435 e. The number of halogens is 2. The van der Waals surface area contributed by atoms with Crippen molar-refractivity contribution in [2.24, 2.45) is 7.05 Å². The van der Waals surface area contributed by atoms with Gasteiger partial charge in [-0.1, -0.05) is 0 Å². The molecule has 9 heteroatoms. The average Bonchev–Trinajstić information content (AvgIpc) is 3.14. The summed E-state index contributed by atoms with van der Waals surface area (Å²) < 4.78 is 30.1. The Hall–Kier alpha value is -2.81. The van der Waals surface area contributed by atoms with E-state index in [-0.39, 0.29) is 11.7 Å². The summed E-state index contributed by atoms with van der Waals surface area (Å²) in [4.78, 5) is 16.6. The quantitative estimate of drug-likeness (QED) is 0.749. The van der Waals surface area contributed by atoms with Gasteiger partial charge in [0.05, 0.1) is 11.4 Å². The number of rotatable bonds is 5. The molecule has 1 amide bonds. The lowest BCUT2D eigenvalue weighted by molar-refractivity contribution is -0.0498. The van der Waals surface area contributed by atoms with E-state index < -0.39 is 6.61 Å². The molecule has 0 aliphatic rings. The Morgan fingerprint density at radius 1 is 1.32 bits per heavy atom. The highest BCUT2D eigenvalue weighted by Crippen LogP contribution is 2.27. The van der Waals surface area contributed by atoms with Crippen LogP contribution in [0, 0.1) is 6.92 Å². The zero-order chi connectivity index (χ0) is 18.0. The number of carbonyl (C=O) groups excluding carboxylic acids is 1. The number of alkyl halides is 2.